The molecule has 0 atom stereocenters. The molecule has 2 aliphatic rings. The van der Waals surface area contributed by atoms with E-state index in [9.17, 15) is 9.59 Å². The van der Waals surface area contributed by atoms with Gasteiger partial charge in [0.2, 0.25) is 0 Å². The summed E-state index contributed by atoms with van der Waals surface area (Å²) in [6, 6.07) is 9.59. The van der Waals surface area contributed by atoms with Crippen LogP contribution in [0.15, 0.2) is 42.7 Å². The highest BCUT2D eigenvalue weighted by molar-refractivity contribution is 7.17. The van der Waals surface area contributed by atoms with Crippen molar-refractivity contribution in [1.82, 2.24) is 14.9 Å². The molecule has 0 aliphatic carbocycles. The molecule has 3 aromatic rings. The quantitative estimate of drug-likeness (QED) is 0.507. The number of urea groups is 1. The number of nitrogens with one attached hydrogen (secondary N) is 1. The Labute approximate surface area is 202 Å². The molecule has 2 amide bonds. The van der Waals surface area contributed by atoms with Gasteiger partial charge in [0.25, 0.3) is 0 Å². The number of likely N-dealkylation sites (tertiary alicyclic amines) is 1. The predicted octanol–water partition coefficient (Wildman–Crippen LogP) is 4.92. The van der Waals surface area contributed by atoms with Crippen LogP contribution in [0.2, 0.25) is 0 Å². The van der Waals surface area contributed by atoms with Gasteiger partial charge in [0, 0.05) is 30.2 Å². The van der Waals surface area contributed by atoms with Gasteiger partial charge in [0.15, 0.2) is 10.7 Å². The first-order valence-electron chi connectivity index (χ1n) is 11.6. The Balaban J connectivity index is 1.43. The van der Waals surface area contributed by atoms with Crippen LogP contribution in [0, 0.1) is 0 Å². The number of carbonyl (C=O) groups is 2. The Kier molecular flexibility index (Phi) is 6.55. The lowest BCUT2D eigenvalue weighted by Gasteiger charge is -2.30. The Bertz CT molecular complexity index is 1190. The van der Waals surface area contributed by atoms with Crippen LogP contribution in [0.1, 0.15) is 47.0 Å². The van der Waals surface area contributed by atoms with Crippen molar-refractivity contribution in [2.24, 2.45) is 0 Å². The third kappa shape index (κ3) is 4.67. The summed E-state index contributed by atoms with van der Waals surface area (Å²) in [7, 11) is 0. The highest BCUT2D eigenvalue weighted by Gasteiger charge is 2.31. The summed E-state index contributed by atoms with van der Waals surface area (Å²) in [5.41, 5.74) is 3.82. The Morgan fingerprint density at radius 1 is 1.15 bits per heavy atom. The van der Waals surface area contributed by atoms with Gasteiger partial charge in [0.1, 0.15) is 5.01 Å². The minimum absolute atomic E-state index is 0.246. The summed E-state index contributed by atoms with van der Waals surface area (Å²) in [6.07, 6.45) is 7.14. The molecule has 0 spiro atoms. The van der Waals surface area contributed by atoms with Gasteiger partial charge in [-0.2, -0.15) is 0 Å². The topological polar surface area (TPSA) is 87.7 Å². The molecule has 2 aromatic heterocycles. The minimum Gasteiger partial charge on any atom is -0.462 e. The van der Waals surface area contributed by atoms with Crippen LogP contribution in [0.4, 0.5) is 16.3 Å². The fourth-order valence-corrected chi connectivity index (χ4v) is 5.36. The maximum Gasteiger partial charge on any atom is 0.352 e. The summed E-state index contributed by atoms with van der Waals surface area (Å²) in [4.78, 5) is 38.9. The van der Waals surface area contributed by atoms with E-state index in [0.717, 1.165) is 36.4 Å². The monoisotopic (exact) mass is 477 g/mol. The Hall–Kier alpha value is -3.30. The molecule has 1 N–H and O–H groups in total. The van der Waals surface area contributed by atoms with Crippen molar-refractivity contribution in [3.63, 3.8) is 0 Å². The van der Waals surface area contributed by atoms with Gasteiger partial charge < -0.3 is 10.1 Å². The molecule has 2 aliphatic heterocycles. The third-order valence-corrected chi connectivity index (χ3v) is 7.17. The van der Waals surface area contributed by atoms with Crippen molar-refractivity contribution in [1.29, 1.82) is 0 Å². The van der Waals surface area contributed by atoms with Gasteiger partial charge in [-0.1, -0.05) is 18.6 Å². The number of nitrogens with zero attached hydrogens (tertiary/aromatic N) is 4. The molecule has 8 nitrogen and oxygen atoms in total. The molecule has 34 heavy (non-hydrogen) atoms. The lowest BCUT2D eigenvalue weighted by atomic mass is 10.0. The molecule has 0 radical (unpaired) electrons. The summed E-state index contributed by atoms with van der Waals surface area (Å²) < 4.78 is 5.26. The first-order chi connectivity index (χ1) is 16.6. The van der Waals surface area contributed by atoms with Crippen LogP contribution in [-0.4, -0.2) is 46.6 Å². The summed E-state index contributed by atoms with van der Waals surface area (Å²) in [6.45, 7) is 5.47. The van der Waals surface area contributed by atoms with Crippen molar-refractivity contribution in [3.05, 3.63) is 58.7 Å². The lowest BCUT2D eigenvalue weighted by Crippen LogP contribution is -2.39. The minimum atomic E-state index is -0.481. The number of hydrogen-bond acceptors (Lipinski definition) is 7. The first-order valence-corrected chi connectivity index (χ1v) is 12.4. The van der Waals surface area contributed by atoms with Crippen LogP contribution in [0.3, 0.4) is 0 Å². The second-order valence-electron chi connectivity index (χ2n) is 8.47. The average molecular weight is 478 g/mol. The molecular formula is C25H27N5O3S. The Morgan fingerprint density at radius 3 is 2.71 bits per heavy atom. The number of piperidine rings is 1. The second-order valence-corrected chi connectivity index (χ2v) is 9.47. The molecule has 0 saturated carbocycles. The summed E-state index contributed by atoms with van der Waals surface area (Å²) in [5, 5.41) is 3.64. The van der Waals surface area contributed by atoms with Crippen molar-refractivity contribution in [3.8, 4) is 10.6 Å². The van der Waals surface area contributed by atoms with Crippen LogP contribution in [-0.2, 0) is 17.8 Å². The van der Waals surface area contributed by atoms with Gasteiger partial charge >= 0.3 is 12.0 Å². The van der Waals surface area contributed by atoms with E-state index < -0.39 is 5.97 Å². The number of rotatable bonds is 6. The van der Waals surface area contributed by atoms with Gasteiger partial charge in [-0.25, -0.2) is 14.6 Å². The van der Waals surface area contributed by atoms with E-state index >= 15 is 0 Å². The smallest absolute Gasteiger partial charge is 0.352 e. The molecule has 1 fully saturated rings. The molecule has 1 saturated heterocycles. The lowest BCUT2D eigenvalue weighted by molar-refractivity contribution is 0.0532. The van der Waals surface area contributed by atoms with Gasteiger partial charge in [-0.05, 0) is 62.2 Å². The summed E-state index contributed by atoms with van der Waals surface area (Å²) >= 11 is 1.22. The highest BCUT2D eigenvalue weighted by atomic mass is 32.1. The number of amides is 2. The molecule has 176 valence electrons. The molecule has 1 aromatic carbocycles. The average Bonchev–Trinajstić information content (AvgIpc) is 3.30. The number of hydrogen-bond donors (Lipinski definition) is 1. The largest absolute Gasteiger partial charge is 0.462 e. The zero-order valence-corrected chi connectivity index (χ0v) is 19.9. The van der Waals surface area contributed by atoms with Crippen LogP contribution >= 0.6 is 11.3 Å². The predicted molar refractivity (Wildman–Crippen MR) is 132 cm³/mol. The number of pyridine rings is 1. The normalized spacial score (nSPS) is 16.1. The number of ether oxygens (including phenoxy) is 1. The van der Waals surface area contributed by atoms with E-state index in [1.807, 2.05) is 12.1 Å². The number of thiazole rings is 1. The van der Waals surface area contributed by atoms with E-state index in [1.165, 1.54) is 41.1 Å². The molecule has 5 rings (SSSR count). The molecular weight excluding hydrogens is 450 g/mol. The van der Waals surface area contributed by atoms with Gasteiger partial charge in [0.05, 0.1) is 13.2 Å². The van der Waals surface area contributed by atoms with E-state index in [2.05, 4.69) is 38.4 Å². The number of carbonyl (C=O) groups excluding carboxylic acids is 2. The fraction of sp³-hybridized carbons (Fsp3) is 0.360. The molecule has 4 heterocycles. The SMILES string of the molecule is CCOC(=O)c1sc(-c2ccncc2)nc1N1Cc2ccc(CN3CCCCC3)cc2NC1=O. The van der Waals surface area contributed by atoms with Crippen molar-refractivity contribution in [2.75, 3.05) is 29.9 Å². The van der Waals surface area contributed by atoms with Crippen molar-refractivity contribution < 1.29 is 14.3 Å². The standard InChI is InChI=1S/C25H27N5O3S/c1-2-33-24(31)21-22(28-23(34-21)18-8-10-26-11-9-18)30-16-19-7-6-17(14-20(19)27-25(30)32)15-29-12-4-3-5-13-29/h6-11,14H,2-5,12-13,15-16H2,1H3,(H,27,32). The number of fused-ring (bicyclic) bond motifs is 1. The van der Waals surface area contributed by atoms with Crippen molar-refractivity contribution in [2.45, 2.75) is 39.3 Å². The maximum atomic E-state index is 13.1. The molecule has 0 unspecified atom stereocenters. The highest BCUT2D eigenvalue weighted by Crippen LogP contribution is 2.37. The zero-order chi connectivity index (χ0) is 23.5. The van der Waals surface area contributed by atoms with E-state index in [1.54, 1.807) is 19.3 Å². The summed E-state index contributed by atoms with van der Waals surface area (Å²) in [5.74, 6) is -0.165. The van der Waals surface area contributed by atoms with Gasteiger partial charge in [-0.3, -0.25) is 14.8 Å². The fourth-order valence-electron chi connectivity index (χ4n) is 4.39. The van der Waals surface area contributed by atoms with Crippen LogP contribution in [0.5, 0.6) is 0 Å². The molecule has 9 heteroatoms. The first kappa shape index (κ1) is 22.5. The second kappa shape index (κ2) is 9.90. The van der Waals surface area contributed by atoms with Gasteiger partial charge in [-0.15, -0.1) is 11.3 Å². The number of anilines is 2. The van der Waals surface area contributed by atoms with E-state index in [4.69, 9.17) is 4.74 Å². The van der Waals surface area contributed by atoms with E-state index in [0.29, 0.717) is 22.2 Å². The Morgan fingerprint density at radius 2 is 1.94 bits per heavy atom. The third-order valence-electron chi connectivity index (χ3n) is 6.10. The maximum absolute atomic E-state index is 13.1. The number of aromatic nitrogens is 2. The van der Waals surface area contributed by atoms with E-state index in [-0.39, 0.29) is 12.6 Å². The molecule has 0 bridgehead atoms. The zero-order valence-electron chi connectivity index (χ0n) is 19.1. The van der Waals surface area contributed by atoms with Crippen LogP contribution < -0.4 is 10.2 Å². The van der Waals surface area contributed by atoms with Crippen LogP contribution in [0.25, 0.3) is 10.6 Å². The number of benzene rings is 1. The van der Waals surface area contributed by atoms with Crippen molar-refractivity contribution >= 4 is 34.8 Å². The number of esters is 1.